The summed E-state index contributed by atoms with van der Waals surface area (Å²) in [6, 6.07) is 12.5. The Kier molecular flexibility index (Phi) is 3.70. The molecule has 0 aliphatic carbocycles. The highest BCUT2D eigenvalue weighted by atomic mass is 35.5. The van der Waals surface area contributed by atoms with E-state index in [1.54, 1.807) is 12.1 Å². The van der Waals surface area contributed by atoms with Crippen molar-refractivity contribution in [3.8, 4) is 0 Å². The molecule has 21 heavy (non-hydrogen) atoms. The molecule has 3 rings (SSSR count). The van der Waals surface area contributed by atoms with Crippen LogP contribution in [0.4, 0.5) is 4.39 Å². The van der Waals surface area contributed by atoms with E-state index in [0.29, 0.717) is 17.1 Å². The predicted molar refractivity (Wildman–Crippen MR) is 84.5 cm³/mol. The fourth-order valence-corrected chi connectivity index (χ4v) is 2.98. The molecule has 0 amide bonds. The van der Waals surface area contributed by atoms with Gasteiger partial charge in [-0.3, -0.25) is 4.90 Å². The first-order chi connectivity index (χ1) is 10.1. The number of hydrogen-bond donors (Lipinski definition) is 1. The maximum atomic E-state index is 14.4. The van der Waals surface area contributed by atoms with Crippen LogP contribution < -0.4 is 5.73 Å². The van der Waals surface area contributed by atoms with Gasteiger partial charge in [0.15, 0.2) is 0 Å². The Labute approximate surface area is 128 Å². The summed E-state index contributed by atoms with van der Waals surface area (Å²) >= 11 is 5.86. The molecule has 1 atom stereocenters. The zero-order chi connectivity index (χ0) is 15.0. The third kappa shape index (κ3) is 2.55. The molecule has 0 saturated heterocycles. The lowest BCUT2D eigenvalue weighted by Gasteiger charge is -2.28. The number of fused-ring (bicyclic) bond motifs is 1. The van der Waals surface area contributed by atoms with Crippen molar-refractivity contribution in [1.82, 2.24) is 4.90 Å². The number of rotatable bonds is 1. The average Bonchev–Trinajstić information content (AvgIpc) is 2.59. The second kappa shape index (κ2) is 5.51. The van der Waals surface area contributed by atoms with E-state index < -0.39 is 0 Å². The highest BCUT2D eigenvalue weighted by molar-refractivity contribution is 6.30. The second-order valence-electron chi connectivity index (χ2n) is 5.25. The molecule has 0 radical (unpaired) electrons. The average molecular weight is 303 g/mol. The van der Waals surface area contributed by atoms with Crippen molar-refractivity contribution < 1.29 is 4.39 Å². The molecule has 1 aliphatic heterocycles. The Morgan fingerprint density at radius 1 is 1.19 bits per heavy atom. The van der Waals surface area contributed by atoms with Gasteiger partial charge in [0, 0.05) is 28.4 Å². The fraction of sp³-hybridized carbons (Fsp3) is 0.176. The molecular weight excluding hydrogens is 287 g/mol. The van der Waals surface area contributed by atoms with Crippen molar-refractivity contribution in [2.45, 2.75) is 6.04 Å². The van der Waals surface area contributed by atoms with Gasteiger partial charge in [-0.15, -0.1) is 0 Å². The van der Waals surface area contributed by atoms with Gasteiger partial charge in [0.1, 0.15) is 5.82 Å². The first kappa shape index (κ1) is 14.1. The molecule has 2 nitrogen and oxygen atoms in total. The lowest BCUT2D eigenvalue weighted by atomic mass is 9.93. The van der Waals surface area contributed by atoms with Gasteiger partial charge in [0.25, 0.3) is 0 Å². The smallest absolute Gasteiger partial charge is 0.129 e. The van der Waals surface area contributed by atoms with Crippen LogP contribution in [0.25, 0.3) is 5.70 Å². The maximum absolute atomic E-state index is 14.4. The number of benzene rings is 2. The first-order valence-corrected chi connectivity index (χ1v) is 7.16. The minimum Gasteiger partial charge on any atom is -0.398 e. The summed E-state index contributed by atoms with van der Waals surface area (Å²) in [4.78, 5) is 2.07. The van der Waals surface area contributed by atoms with Crippen LogP contribution in [-0.4, -0.2) is 18.5 Å². The van der Waals surface area contributed by atoms with Crippen LogP contribution >= 0.6 is 11.6 Å². The van der Waals surface area contributed by atoms with Crippen molar-refractivity contribution >= 4 is 17.3 Å². The molecule has 0 saturated carbocycles. The lowest BCUT2D eigenvalue weighted by Crippen LogP contribution is -2.26. The largest absolute Gasteiger partial charge is 0.398 e. The number of nitrogens with two attached hydrogens (primary N) is 1. The van der Waals surface area contributed by atoms with Gasteiger partial charge in [0.2, 0.25) is 0 Å². The molecule has 1 unspecified atom stereocenters. The summed E-state index contributed by atoms with van der Waals surface area (Å²) in [5, 5.41) is 0.401. The normalized spacial score (nSPS) is 18.8. The molecule has 108 valence electrons. The zero-order valence-electron chi connectivity index (χ0n) is 11.7. The highest BCUT2D eigenvalue weighted by Gasteiger charge is 2.26. The molecule has 2 aromatic carbocycles. The van der Waals surface area contributed by atoms with Crippen LogP contribution in [0.2, 0.25) is 5.02 Å². The third-order valence-corrected chi connectivity index (χ3v) is 4.10. The second-order valence-corrected chi connectivity index (χ2v) is 5.69. The van der Waals surface area contributed by atoms with Gasteiger partial charge in [-0.2, -0.15) is 0 Å². The minimum atomic E-state index is -0.297. The lowest BCUT2D eigenvalue weighted by molar-refractivity contribution is 0.304. The van der Waals surface area contributed by atoms with E-state index in [4.69, 9.17) is 17.3 Å². The van der Waals surface area contributed by atoms with E-state index in [1.807, 2.05) is 37.4 Å². The highest BCUT2D eigenvalue weighted by Crippen LogP contribution is 2.35. The molecule has 2 aromatic rings. The minimum absolute atomic E-state index is 0.184. The molecule has 0 fully saturated rings. The summed E-state index contributed by atoms with van der Waals surface area (Å²) in [5.74, 6) is -0.297. The number of nitrogens with zero attached hydrogens (tertiary/aromatic N) is 1. The zero-order valence-corrected chi connectivity index (χ0v) is 12.4. The van der Waals surface area contributed by atoms with E-state index in [1.165, 1.54) is 6.07 Å². The Bertz CT molecular complexity index is 712. The van der Waals surface area contributed by atoms with E-state index >= 15 is 0 Å². The van der Waals surface area contributed by atoms with Crippen molar-refractivity contribution in [1.29, 1.82) is 0 Å². The summed E-state index contributed by atoms with van der Waals surface area (Å²) in [6.07, 6.45) is 1.96. The quantitative estimate of drug-likeness (QED) is 0.868. The Morgan fingerprint density at radius 3 is 2.71 bits per heavy atom. The molecular formula is C17H16ClFN2. The fourth-order valence-electron chi connectivity index (χ4n) is 2.82. The third-order valence-electron chi connectivity index (χ3n) is 3.86. The van der Waals surface area contributed by atoms with Crippen LogP contribution in [0.15, 0.2) is 48.5 Å². The molecule has 4 heteroatoms. The monoisotopic (exact) mass is 302 g/mol. The van der Waals surface area contributed by atoms with Crippen molar-refractivity contribution in [3.05, 3.63) is 76.1 Å². The summed E-state index contributed by atoms with van der Waals surface area (Å²) in [7, 11) is 1.96. The van der Waals surface area contributed by atoms with Crippen LogP contribution in [0.1, 0.15) is 22.7 Å². The molecule has 2 N–H and O–H groups in total. The van der Waals surface area contributed by atoms with Crippen molar-refractivity contribution in [3.63, 3.8) is 0 Å². The summed E-state index contributed by atoms with van der Waals surface area (Å²) in [5.41, 5.74) is 9.44. The summed E-state index contributed by atoms with van der Waals surface area (Å²) in [6.45, 7) is 0.660. The van der Waals surface area contributed by atoms with Gasteiger partial charge >= 0.3 is 0 Å². The van der Waals surface area contributed by atoms with Gasteiger partial charge in [-0.1, -0.05) is 41.9 Å². The topological polar surface area (TPSA) is 29.3 Å². The Balaban J connectivity index is 2.19. The molecule has 0 aromatic heterocycles. The van der Waals surface area contributed by atoms with E-state index in [-0.39, 0.29) is 11.9 Å². The van der Waals surface area contributed by atoms with E-state index in [2.05, 4.69) is 4.90 Å². The number of likely N-dealkylation sites (N-methyl/N-ethyl adjacent to an activating group) is 1. The predicted octanol–water partition coefficient (Wildman–Crippen LogP) is 3.81. The van der Waals surface area contributed by atoms with Crippen LogP contribution in [0.5, 0.6) is 0 Å². The first-order valence-electron chi connectivity index (χ1n) is 6.78. The van der Waals surface area contributed by atoms with Crippen molar-refractivity contribution in [2.75, 3.05) is 13.6 Å². The molecule has 0 spiro atoms. The van der Waals surface area contributed by atoms with Crippen LogP contribution in [0.3, 0.4) is 0 Å². The molecule has 1 aliphatic rings. The van der Waals surface area contributed by atoms with Crippen LogP contribution in [0, 0.1) is 5.82 Å². The SMILES string of the molecule is CN1CC=C(N)c2ccccc2C1c1ccc(Cl)cc1F. The summed E-state index contributed by atoms with van der Waals surface area (Å²) < 4.78 is 14.4. The molecule has 1 heterocycles. The van der Waals surface area contributed by atoms with Crippen LogP contribution in [-0.2, 0) is 0 Å². The number of halogens is 2. The Morgan fingerprint density at radius 2 is 1.95 bits per heavy atom. The van der Waals surface area contributed by atoms with E-state index in [9.17, 15) is 4.39 Å². The van der Waals surface area contributed by atoms with Gasteiger partial charge in [-0.25, -0.2) is 4.39 Å². The standard InChI is InChI=1S/C17H16ClFN2/c1-21-9-8-16(20)12-4-2-3-5-13(12)17(21)14-7-6-11(18)10-15(14)19/h2-8,10,17H,9,20H2,1H3. The van der Waals surface area contributed by atoms with Gasteiger partial charge in [0.05, 0.1) is 6.04 Å². The van der Waals surface area contributed by atoms with Gasteiger partial charge in [-0.05, 0) is 30.8 Å². The maximum Gasteiger partial charge on any atom is 0.129 e. The van der Waals surface area contributed by atoms with Gasteiger partial charge < -0.3 is 5.73 Å². The molecule has 0 bridgehead atoms. The Hall–Kier alpha value is -1.84. The van der Waals surface area contributed by atoms with E-state index in [0.717, 1.165) is 16.8 Å². The van der Waals surface area contributed by atoms with Crippen molar-refractivity contribution in [2.24, 2.45) is 5.73 Å². The number of hydrogen-bond acceptors (Lipinski definition) is 2.